The van der Waals surface area contributed by atoms with Crippen molar-refractivity contribution in [3.8, 4) is 0 Å². The third-order valence-electron chi connectivity index (χ3n) is 5.09. The Hall–Kier alpha value is -1.89. The Morgan fingerprint density at radius 2 is 1.96 bits per heavy atom. The molecule has 0 aromatic heterocycles. The van der Waals surface area contributed by atoms with Crippen molar-refractivity contribution < 1.29 is 13.2 Å². The highest BCUT2D eigenvalue weighted by molar-refractivity contribution is 7.88. The highest BCUT2D eigenvalue weighted by atomic mass is 35.5. The molecule has 150 valence electrons. The Kier molecular flexibility index (Phi) is 6.43. The van der Waals surface area contributed by atoms with Gasteiger partial charge in [0, 0.05) is 23.8 Å². The van der Waals surface area contributed by atoms with E-state index in [0.29, 0.717) is 30.0 Å². The number of carbonyl (C=O) groups is 1. The molecule has 0 unspecified atom stereocenters. The smallest absolute Gasteiger partial charge is 0.228 e. The second kappa shape index (κ2) is 8.64. The van der Waals surface area contributed by atoms with E-state index < -0.39 is 10.0 Å². The second-order valence-electron chi connectivity index (χ2n) is 7.35. The molecular formula is C21H25ClN2O3S. The summed E-state index contributed by atoms with van der Waals surface area (Å²) in [6, 6.07) is 12.8. The van der Waals surface area contributed by atoms with Crippen LogP contribution in [0.25, 0.3) is 0 Å². The largest absolute Gasteiger partial charge is 0.326 e. The lowest BCUT2D eigenvalue weighted by molar-refractivity contribution is -0.120. The predicted octanol–water partition coefficient (Wildman–Crippen LogP) is 4.14. The lowest BCUT2D eigenvalue weighted by atomic mass is 9.98. The first kappa shape index (κ1) is 20.8. The lowest BCUT2D eigenvalue weighted by Crippen LogP contribution is -2.44. The fourth-order valence-corrected chi connectivity index (χ4v) is 5.34. The molecule has 7 heteroatoms. The Bertz CT molecular complexity index is 975. The number of anilines is 1. The second-order valence-corrected chi connectivity index (χ2v) is 9.73. The number of piperidine rings is 1. The normalized spacial score (nSPS) is 18.0. The van der Waals surface area contributed by atoms with E-state index in [9.17, 15) is 13.2 Å². The first-order chi connectivity index (χ1) is 13.3. The molecule has 1 fully saturated rings. The van der Waals surface area contributed by atoms with Crippen molar-refractivity contribution in [2.75, 3.05) is 18.4 Å². The molecule has 1 heterocycles. The van der Waals surface area contributed by atoms with Gasteiger partial charge in [0.25, 0.3) is 0 Å². The summed E-state index contributed by atoms with van der Waals surface area (Å²) in [7, 11) is -3.54. The van der Waals surface area contributed by atoms with Gasteiger partial charge in [-0.1, -0.05) is 41.9 Å². The Balaban J connectivity index is 1.70. The zero-order valence-electron chi connectivity index (χ0n) is 16.1. The topological polar surface area (TPSA) is 66.5 Å². The number of hydrogen-bond donors (Lipinski definition) is 1. The van der Waals surface area contributed by atoms with E-state index in [2.05, 4.69) is 5.32 Å². The highest BCUT2D eigenvalue weighted by Gasteiger charge is 2.32. The van der Waals surface area contributed by atoms with Gasteiger partial charge in [0.05, 0.1) is 11.7 Å². The van der Waals surface area contributed by atoms with Gasteiger partial charge in [0.15, 0.2) is 0 Å². The van der Waals surface area contributed by atoms with Crippen molar-refractivity contribution in [2.24, 2.45) is 5.92 Å². The molecule has 3 rings (SSSR count). The molecule has 0 bridgehead atoms. The molecule has 28 heavy (non-hydrogen) atoms. The Morgan fingerprint density at radius 3 is 2.71 bits per heavy atom. The molecule has 5 nitrogen and oxygen atoms in total. The lowest BCUT2D eigenvalue weighted by Gasteiger charge is -2.31. The molecular weight excluding hydrogens is 396 g/mol. The van der Waals surface area contributed by atoms with Gasteiger partial charge >= 0.3 is 0 Å². The van der Waals surface area contributed by atoms with E-state index in [1.54, 1.807) is 24.3 Å². The molecule has 1 N–H and O–H groups in total. The molecule has 1 amide bonds. The molecule has 1 saturated heterocycles. The van der Waals surface area contributed by atoms with Crippen LogP contribution in [0.15, 0.2) is 42.5 Å². The fourth-order valence-electron chi connectivity index (χ4n) is 3.42. The third-order valence-corrected chi connectivity index (χ3v) is 7.26. The summed E-state index contributed by atoms with van der Waals surface area (Å²) in [5.41, 5.74) is 3.40. The maximum Gasteiger partial charge on any atom is 0.228 e. The molecule has 0 spiro atoms. The number of sulfonamides is 1. The first-order valence-corrected chi connectivity index (χ1v) is 11.3. The van der Waals surface area contributed by atoms with Crippen LogP contribution in [0, 0.1) is 19.8 Å². The predicted molar refractivity (Wildman–Crippen MR) is 113 cm³/mol. The van der Waals surface area contributed by atoms with E-state index in [-0.39, 0.29) is 24.1 Å². The maximum absolute atomic E-state index is 12.9. The first-order valence-electron chi connectivity index (χ1n) is 9.35. The van der Waals surface area contributed by atoms with Crippen LogP contribution in [0.3, 0.4) is 0 Å². The van der Waals surface area contributed by atoms with Crippen molar-refractivity contribution in [3.05, 3.63) is 64.2 Å². The SMILES string of the molecule is Cc1ccc(C)c(NC(=O)[C@@H]2CCCN(S(=O)(=O)Cc3ccccc3Cl)C2)c1. The standard InChI is InChI=1S/C21H25ClN2O3S/c1-15-9-10-16(2)20(12-15)23-21(25)17-7-5-11-24(13-17)28(26,27)14-18-6-3-4-8-19(18)22/h3-4,6,8-10,12,17H,5,7,11,13-14H2,1-2H3,(H,23,25)/t17-/m1/s1. The number of nitrogens with zero attached hydrogens (tertiary/aromatic N) is 1. The van der Waals surface area contributed by atoms with Crippen LogP contribution >= 0.6 is 11.6 Å². The van der Waals surface area contributed by atoms with Gasteiger partial charge in [-0.2, -0.15) is 0 Å². The summed E-state index contributed by atoms with van der Waals surface area (Å²) in [4.78, 5) is 12.8. The van der Waals surface area contributed by atoms with Crippen molar-refractivity contribution in [1.82, 2.24) is 4.31 Å². The number of benzene rings is 2. The molecule has 0 saturated carbocycles. The maximum atomic E-state index is 12.9. The van der Waals surface area contributed by atoms with Gasteiger partial charge in [0.1, 0.15) is 0 Å². The van der Waals surface area contributed by atoms with E-state index >= 15 is 0 Å². The number of amides is 1. The average Bonchev–Trinajstić information content (AvgIpc) is 2.66. The number of hydrogen-bond acceptors (Lipinski definition) is 3. The Morgan fingerprint density at radius 1 is 1.21 bits per heavy atom. The van der Waals surface area contributed by atoms with Crippen molar-refractivity contribution in [2.45, 2.75) is 32.4 Å². The molecule has 0 radical (unpaired) electrons. The number of halogens is 1. The van der Waals surface area contributed by atoms with Crippen LogP contribution in [0.4, 0.5) is 5.69 Å². The molecule has 1 aliphatic rings. The quantitative estimate of drug-likeness (QED) is 0.790. The summed E-state index contributed by atoms with van der Waals surface area (Å²) in [6.07, 6.45) is 1.33. The van der Waals surface area contributed by atoms with Gasteiger partial charge in [-0.05, 0) is 55.5 Å². The van der Waals surface area contributed by atoms with Gasteiger partial charge in [-0.3, -0.25) is 4.79 Å². The summed E-state index contributed by atoms with van der Waals surface area (Å²) in [5, 5.41) is 3.41. The summed E-state index contributed by atoms with van der Waals surface area (Å²) in [6.45, 7) is 4.54. The summed E-state index contributed by atoms with van der Waals surface area (Å²) >= 11 is 6.12. The molecule has 2 aromatic rings. The van der Waals surface area contributed by atoms with E-state index in [4.69, 9.17) is 11.6 Å². The highest BCUT2D eigenvalue weighted by Crippen LogP contribution is 2.25. The number of carbonyl (C=O) groups excluding carboxylic acids is 1. The van der Waals surface area contributed by atoms with Crippen LogP contribution in [0.1, 0.15) is 29.5 Å². The minimum atomic E-state index is -3.54. The van der Waals surface area contributed by atoms with Crippen molar-refractivity contribution >= 4 is 33.2 Å². The zero-order valence-corrected chi connectivity index (χ0v) is 17.7. The van der Waals surface area contributed by atoms with Crippen LogP contribution in [0.2, 0.25) is 5.02 Å². The average molecular weight is 421 g/mol. The fraction of sp³-hybridized carbons (Fsp3) is 0.381. The molecule has 1 atom stereocenters. The van der Waals surface area contributed by atoms with E-state index in [1.807, 2.05) is 32.0 Å². The molecule has 1 aliphatic heterocycles. The van der Waals surface area contributed by atoms with Crippen LogP contribution < -0.4 is 5.32 Å². The van der Waals surface area contributed by atoms with Crippen LogP contribution in [0.5, 0.6) is 0 Å². The minimum Gasteiger partial charge on any atom is -0.326 e. The Labute approximate surface area is 171 Å². The van der Waals surface area contributed by atoms with Gasteiger partial charge < -0.3 is 5.32 Å². The summed E-state index contributed by atoms with van der Waals surface area (Å²) < 4.78 is 27.2. The van der Waals surface area contributed by atoms with E-state index in [1.165, 1.54) is 4.31 Å². The number of nitrogens with one attached hydrogen (secondary N) is 1. The van der Waals surface area contributed by atoms with E-state index in [0.717, 1.165) is 16.8 Å². The minimum absolute atomic E-state index is 0.133. The van der Waals surface area contributed by atoms with Gasteiger partial charge in [-0.25, -0.2) is 12.7 Å². The number of rotatable bonds is 5. The monoisotopic (exact) mass is 420 g/mol. The van der Waals surface area contributed by atoms with Gasteiger partial charge in [0.2, 0.25) is 15.9 Å². The van der Waals surface area contributed by atoms with Crippen molar-refractivity contribution in [1.29, 1.82) is 0 Å². The number of aryl methyl sites for hydroxylation is 2. The van der Waals surface area contributed by atoms with Gasteiger partial charge in [-0.15, -0.1) is 0 Å². The molecule has 0 aliphatic carbocycles. The van der Waals surface area contributed by atoms with Crippen LogP contribution in [-0.4, -0.2) is 31.7 Å². The zero-order chi connectivity index (χ0) is 20.3. The summed E-state index contributed by atoms with van der Waals surface area (Å²) in [5.74, 6) is -0.654. The van der Waals surface area contributed by atoms with Crippen molar-refractivity contribution in [3.63, 3.8) is 0 Å². The van der Waals surface area contributed by atoms with Crippen LogP contribution in [-0.2, 0) is 20.6 Å². The molecule has 2 aromatic carbocycles. The third kappa shape index (κ3) is 4.93.